The molecular weight excluding hydrogens is 256 g/mol. The van der Waals surface area contributed by atoms with Crippen molar-refractivity contribution in [2.75, 3.05) is 6.26 Å². The third kappa shape index (κ3) is 3.26. The number of Topliss-reactive ketones (excluding diaryl/α,β-unsaturated/α-hetero) is 1. The van der Waals surface area contributed by atoms with Gasteiger partial charge in [-0.15, -0.1) is 11.8 Å². The summed E-state index contributed by atoms with van der Waals surface area (Å²) in [6.45, 7) is 4.51. The van der Waals surface area contributed by atoms with Crippen LogP contribution >= 0.6 is 11.8 Å². The lowest BCUT2D eigenvalue weighted by atomic mass is 10.1. The highest BCUT2D eigenvalue weighted by atomic mass is 32.2. The van der Waals surface area contributed by atoms with Gasteiger partial charge >= 0.3 is 0 Å². The number of aromatic nitrogens is 2. The Morgan fingerprint density at radius 1 is 1.32 bits per heavy atom. The molecule has 0 fully saturated rings. The van der Waals surface area contributed by atoms with Gasteiger partial charge in [-0.05, 0) is 18.4 Å². The number of carbonyl (C=O) groups excluding carboxylic acids is 1. The highest BCUT2D eigenvalue weighted by Crippen LogP contribution is 2.16. The number of rotatable bonds is 5. The molecule has 0 amide bonds. The van der Waals surface area contributed by atoms with Crippen LogP contribution < -0.4 is 0 Å². The van der Waals surface area contributed by atoms with Crippen LogP contribution in [-0.2, 0) is 6.54 Å². The second-order valence-electron chi connectivity index (χ2n) is 4.72. The average Bonchev–Trinajstić information content (AvgIpc) is 2.87. The van der Waals surface area contributed by atoms with Gasteiger partial charge in [-0.1, -0.05) is 26.0 Å². The Morgan fingerprint density at radius 2 is 2.00 bits per heavy atom. The standard InChI is InChI=1S/C15H18N2OS/c1-11(2)15-16-8-9-17(15)10-14(18)12-4-6-13(19-3)7-5-12/h4-9,11H,10H2,1-3H3. The molecule has 1 aromatic carbocycles. The predicted molar refractivity (Wildman–Crippen MR) is 78.9 cm³/mol. The van der Waals surface area contributed by atoms with Crippen LogP contribution in [-0.4, -0.2) is 21.6 Å². The first-order valence-corrected chi connectivity index (χ1v) is 7.52. The van der Waals surface area contributed by atoms with E-state index >= 15 is 0 Å². The molecule has 2 rings (SSSR count). The maximum absolute atomic E-state index is 12.2. The van der Waals surface area contributed by atoms with E-state index in [2.05, 4.69) is 18.8 Å². The number of benzene rings is 1. The van der Waals surface area contributed by atoms with Crippen molar-refractivity contribution in [2.45, 2.75) is 31.2 Å². The summed E-state index contributed by atoms with van der Waals surface area (Å²) in [5, 5.41) is 0. The Balaban J connectivity index is 2.13. The van der Waals surface area contributed by atoms with Crippen LogP contribution in [0.4, 0.5) is 0 Å². The summed E-state index contributed by atoms with van der Waals surface area (Å²) in [5.41, 5.74) is 0.751. The van der Waals surface area contributed by atoms with Crippen LogP contribution in [0.1, 0.15) is 35.9 Å². The molecular formula is C15H18N2OS. The van der Waals surface area contributed by atoms with Crippen molar-refractivity contribution in [3.05, 3.63) is 48.0 Å². The number of hydrogen-bond donors (Lipinski definition) is 0. The van der Waals surface area contributed by atoms with Crippen molar-refractivity contribution in [3.63, 3.8) is 0 Å². The minimum absolute atomic E-state index is 0.118. The molecule has 0 unspecified atom stereocenters. The van der Waals surface area contributed by atoms with E-state index in [9.17, 15) is 4.79 Å². The highest BCUT2D eigenvalue weighted by Gasteiger charge is 2.12. The molecule has 0 atom stereocenters. The number of carbonyl (C=O) groups is 1. The Hall–Kier alpha value is -1.55. The molecule has 0 bridgehead atoms. The molecule has 0 saturated carbocycles. The fraction of sp³-hybridized carbons (Fsp3) is 0.333. The summed E-state index contributed by atoms with van der Waals surface area (Å²) in [6, 6.07) is 7.74. The summed E-state index contributed by atoms with van der Waals surface area (Å²) in [5.74, 6) is 1.39. The molecule has 100 valence electrons. The monoisotopic (exact) mass is 274 g/mol. The Bertz CT molecular complexity index is 558. The van der Waals surface area contributed by atoms with Gasteiger partial charge < -0.3 is 4.57 Å². The highest BCUT2D eigenvalue weighted by molar-refractivity contribution is 7.98. The lowest BCUT2D eigenvalue weighted by Gasteiger charge is -2.09. The fourth-order valence-electron chi connectivity index (χ4n) is 1.98. The third-order valence-corrected chi connectivity index (χ3v) is 3.73. The van der Waals surface area contributed by atoms with Gasteiger partial charge in [-0.3, -0.25) is 4.79 Å². The molecule has 0 spiro atoms. The van der Waals surface area contributed by atoms with Crippen molar-refractivity contribution in [2.24, 2.45) is 0 Å². The molecule has 1 heterocycles. The number of hydrogen-bond acceptors (Lipinski definition) is 3. The Labute approximate surface area is 118 Å². The third-order valence-electron chi connectivity index (χ3n) is 2.99. The predicted octanol–water partition coefficient (Wildman–Crippen LogP) is 3.61. The van der Waals surface area contributed by atoms with Crippen molar-refractivity contribution >= 4 is 17.5 Å². The zero-order valence-electron chi connectivity index (χ0n) is 11.5. The van der Waals surface area contributed by atoms with E-state index in [1.54, 1.807) is 18.0 Å². The smallest absolute Gasteiger partial charge is 0.182 e. The van der Waals surface area contributed by atoms with Crippen LogP contribution in [0.5, 0.6) is 0 Å². The largest absolute Gasteiger partial charge is 0.327 e. The van der Waals surface area contributed by atoms with E-state index in [1.165, 1.54) is 4.90 Å². The molecule has 3 nitrogen and oxygen atoms in total. The summed E-state index contributed by atoms with van der Waals surface area (Å²) in [4.78, 5) is 17.7. The van der Waals surface area contributed by atoms with E-state index in [-0.39, 0.29) is 5.78 Å². The number of nitrogens with zero attached hydrogens (tertiary/aromatic N) is 2. The summed E-state index contributed by atoms with van der Waals surface area (Å²) in [6.07, 6.45) is 5.64. The van der Waals surface area contributed by atoms with Crippen LogP contribution in [0.2, 0.25) is 0 Å². The van der Waals surface area contributed by atoms with E-state index in [0.717, 1.165) is 11.4 Å². The van der Waals surface area contributed by atoms with Gasteiger partial charge in [0.15, 0.2) is 5.78 Å². The van der Waals surface area contributed by atoms with E-state index in [1.807, 2.05) is 41.3 Å². The average molecular weight is 274 g/mol. The van der Waals surface area contributed by atoms with Crippen molar-refractivity contribution in [1.82, 2.24) is 9.55 Å². The van der Waals surface area contributed by atoms with E-state index < -0.39 is 0 Å². The van der Waals surface area contributed by atoms with Crippen molar-refractivity contribution < 1.29 is 4.79 Å². The molecule has 1 aromatic heterocycles. The maximum Gasteiger partial charge on any atom is 0.182 e. The van der Waals surface area contributed by atoms with E-state index in [0.29, 0.717) is 12.5 Å². The second-order valence-corrected chi connectivity index (χ2v) is 5.60. The van der Waals surface area contributed by atoms with Gasteiger partial charge in [0.2, 0.25) is 0 Å². The van der Waals surface area contributed by atoms with Gasteiger partial charge in [-0.25, -0.2) is 4.98 Å². The lowest BCUT2D eigenvalue weighted by Crippen LogP contribution is -2.13. The Kier molecular flexibility index (Phi) is 4.43. The first-order valence-electron chi connectivity index (χ1n) is 6.30. The lowest BCUT2D eigenvalue weighted by molar-refractivity contribution is 0.0970. The summed E-state index contributed by atoms with van der Waals surface area (Å²) in [7, 11) is 0. The topological polar surface area (TPSA) is 34.9 Å². The zero-order valence-corrected chi connectivity index (χ0v) is 12.3. The fourth-order valence-corrected chi connectivity index (χ4v) is 2.39. The molecule has 19 heavy (non-hydrogen) atoms. The number of thioether (sulfide) groups is 1. The van der Waals surface area contributed by atoms with Gasteiger partial charge in [0.25, 0.3) is 0 Å². The van der Waals surface area contributed by atoms with Crippen LogP contribution in [0.3, 0.4) is 0 Å². The van der Waals surface area contributed by atoms with Crippen LogP contribution in [0.15, 0.2) is 41.6 Å². The quantitative estimate of drug-likeness (QED) is 0.617. The van der Waals surface area contributed by atoms with Crippen molar-refractivity contribution in [1.29, 1.82) is 0 Å². The first-order chi connectivity index (χ1) is 9.11. The molecule has 0 aliphatic carbocycles. The van der Waals surface area contributed by atoms with Gasteiger partial charge in [-0.2, -0.15) is 0 Å². The molecule has 0 aliphatic rings. The molecule has 0 N–H and O–H groups in total. The van der Waals surface area contributed by atoms with Crippen LogP contribution in [0, 0.1) is 0 Å². The van der Waals surface area contributed by atoms with Gasteiger partial charge in [0.05, 0.1) is 6.54 Å². The zero-order chi connectivity index (χ0) is 13.8. The first kappa shape index (κ1) is 13.9. The number of ketones is 1. The minimum atomic E-state index is 0.118. The second kappa shape index (κ2) is 6.06. The SMILES string of the molecule is CSc1ccc(C(=O)Cn2ccnc2C(C)C)cc1. The Morgan fingerprint density at radius 3 is 2.58 bits per heavy atom. The normalized spacial score (nSPS) is 10.9. The summed E-state index contributed by atoms with van der Waals surface area (Å²) >= 11 is 1.67. The number of imidazole rings is 1. The molecule has 4 heteroatoms. The summed E-state index contributed by atoms with van der Waals surface area (Å²) < 4.78 is 1.93. The molecule has 0 aliphatic heterocycles. The molecule has 0 saturated heterocycles. The van der Waals surface area contributed by atoms with Gasteiger partial charge in [0, 0.05) is 28.8 Å². The van der Waals surface area contributed by atoms with Gasteiger partial charge in [0.1, 0.15) is 5.82 Å². The van der Waals surface area contributed by atoms with E-state index in [4.69, 9.17) is 0 Å². The van der Waals surface area contributed by atoms with Crippen LogP contribution in [0.25, 0.3) is 0 Å². The molecule has 2 aromatic rings. The molecule has 0 radical (unpaired) electrons. The van der Waals surface area contributed by atoms with Crippen molar-refractivity contribution in [3.8, 4) is 0 Å². The maximum atomic E-state index is 12.2. The minimum Gasteiger partial charge on any atom is -0.327 e.